The van der Waals surface area contributed by atoms with Gasteiger partial charge in [0.15, 0.2) is 0 Å². The first-order valence-corrected chi connectivity index (χ1v) is 16.7. The van der Waals surface area contributed by atoms with Gasteiger partial charge in [-0.15, -0.1) is 0 Å². The van der Waals surface area contributed by atoms with Crippen LogP contribution >= 0.6 is 0 Å². The Morgan fingerprint density at radius 1 is 0.306 bits per heavy atom. The maximum absolute atomic E-state index is 4.96. The van der Waals surface area contributed by atoms with Crippen molar-refractivity contribution in [3.8, 4) is 55.9 Å². The van der Waals surface area contributed by atoms with E-state index >= 15 is 0 Å². The lowest BCUT2D eigenvalue weighted by Crippen LogP contribution is -2.28. The minimum atomic E-state index is -0.567. The van der Waals surface area contributed by atoms with Crippen LogP contribution in [0.4, 0.5) is 0 Å². The molecular formula is C47H32N2. The summed E-state index contributed by atoms with van der Waals surface area (Å²) in [6.45, 7) is 0. The third kappa shape index (κ3) is 4.72. The highest BCUT2D eigenvalue weighted by Crippen LogP contribution is 2.56. The number of hydrogen-bond acceptors (Lipinski definition) is 2. The number of fused-ring (bicyclic) bond motifs is 3. The zero-order valence-corrected chi connectivity index (χ0v) is 26.9. The first kappa shape index (κ1) is 28.8. The second-order valence-electron chi connectivity index (χ2n) is 12.5. The predicted octanol–water partition coefficient (Wildman–Crippen LogP) is 11.5. The molecule has 8 aromatic rings. The van der Waals surface area contributed by atoms with Crippen LogP contribution in [0.25, 0.3) is 55.9 Å². The molecule has 0 saturated heterocycles. The van der Waals surface area contributed by atoms with Crippen molar-refractivity contribution in [1.29, 1.82) is 0 Å². The highest BCUT2D eigenvalue weighted by molar-refractivity contribution is 5.89. The van der Waals surface area contributed by atoms with Gasteiger partial charge in [-0.3, -0.25) is 9.97 Å². The SMILES string of the molecule is c1ccc(-c2cccnc2-c2cccc(C3(c4cccc(-c5ncccc5-c5ccccc5)c4)c4ccccc4-c4ccccc43)c2)cc1. The van der Waals surface area contributed by atoms with E-state index in [1.165, 1.54) is 33.4 Å². The van der Waals surface area contributed by atoms with Crippen molar-refractivity contribution >= 4 is 0 Å². The zero-order chi connectivity index (χ0) is 32.6. The molecule has 0 bridgehead atoms. The molecular weight excluding hydrogens is 593 g/mol. The van der Waals surface area contributed by atoms with Crippen molar-refractivity contribution in [2.24, 2.45) is 0 Å². The van der Waals surface area contributed by atoms with Gasteiger partial charge >= 0.3 is 0 Å². The van der Waals surface area contributed by atoms with Gasteiger partial charge in [0.2, 0.25) is 0 Å². The van der Waals surface area contributed by atoms with Crippen LogP contribution in [0.2, 0.25) is 0 Å². The Hall–Kier alpha value is -6.38. The summed E-state index contributed by atoms with van der Waals surface area (Å²) in [7, 11) is 0. The van der Waals surface area contributed by atoms with Crippen LogP contribution in [0.5, 0.6) is 0 Å². The van der Waals surface area contributed by atoms with Crippen molar-refractivity contribution in [2.45, 2.75) is 5.41 Å². The van der Waals surface area contributed by atoms with Crippen molar-refractivity contribution in [1.82, 2.24) is 9.97 Å². The summed E-state index contributed by atoms with van der Waals surface area (Å²) in [5.41, 5.74) is 15.6. The first-order chi connectivity index (χ1) is 24.3. The first-order valence-electron chi connectivity index (χ1n) is 16.7. The summed E-state index contributed by atoms with van der Waals surface area (Å²) >= 11 is 0. The highest BCUT2D eigenvalue weighted by Gasteiger charge is 2.46. The lowest BCUT2D eigenvalue weighted by atomic mass is 9.67. The van der Waals surface area contributed by atoms with Crippen molar-refractivity contribution in [3.63, 3.8) is 0 Å². The van der Waals surface area contributed by atoms with E-state index in [2.05, 4.69) is 170 Å². The largest absolute Gasteiger partial charge is 0.256 e. The average molecular weight is 625 g/mol. The third-order valence-corrected chi connectivity index (χ3v) is 9.88. The van der Waals surface area contributed by atoms with E-state index in [1.807, 2.05) is 24.5 Å². The fourth-order valence-electron chi connectivity index (χ4n) is 7.80. The van der Waals surface area contributed by atoms with Gasteiger partial charge in [0.1, 0.15) is 0 Å². The van der Waals surface area contributed by atoms with E-state index in [0.717, 1.165) is 44.8 Å². The van der Waals surface area contributed by atoms with Crippen molar-refractivity contribution in [2.75, 3.05) is 0 Å². The van der Waals surface area contributed by atoms with Gasteiger partial charge < -0.3 is 0 Å². The van der Waals surface area contributed by atoms with Crippen LogP contribution in [-0.2, 0) is 5.41 Å². The summed E-state index contributed by atoms with van der Waals surface area (Å²) in [5.74, 6) is 0. The molecule has 230 valence electrons. The third-order valence-electron chi connectivity index (χ3n) is 9.88. The molecule has 2 aromatic heterocycles. The maximum atomic E-state index is 4.96. The molecule has 1 aliphatic rings. The minimum Gasteiger partial charge on any atom is -0.256 e. The zero-order valence-electron chi connectivity index (χ0n) is 26.9. The van der Waals surface area contributed by atoms with E-state index < -0.39 is 5.41 Å². The smallest absolute Gasteiger partial charge is 0.0780 e. The van der Waals surface area contributed by atoms with Crippen LogP contribution in [0.3, 0.4) is 0 Å². The molecule has 0 saturated carbocycles. The average Bonchev–Trinajstić information content (AvgIpc) is 3.50. The normalized spacial score (nSPS) is 12.7. The van der Waals surface area contributed by atoms with Crippen molar-refractivity contribution < 1.29 is 0 Å². The van der Waals surface area contributed by atoms with Gasteiger partial charge in [-0.05, 0) is 68.8 Å². The molecule has 0 spiro atoms. The molecule has 0 aliphatic heterocycles. The van der Waals surface area contributed by atoms with E-state index in [0.29, 0.717) is 0 Å². The molecule has 0 unspecified atom stereocenters. The summed E-state index contributed by atoms with van der Waals surface area (Å²) in [6.07, 6.45) is 3.79. The van der Waals surface area contributed by atoms with Crippen LogP contribution in [0.15, 0.2) is 194 Å². The predicted molar refractivity (Wildman–Crippen MR) is 201 cm³/mol. The minimum absolute atomic E-state index is 0.567. The molecule has 0 amide bonds. The van der Waals surface area contributed by atoms with Gasteiger partial charge in [0.25, 0.3) is 0 Å². The summed E-state index contributed by atoms with van der Waals surface area (Å²) in [6, 6.07) is 65.3. The van der Waals surface area contributed by atoms with Gasteiger partial charge in [0, 0.05) is 34.6 Å². The number of benzene rings is 6. The molecule has 49 heavy (non-hydrogen) atoms. The lowest BCUT2D eigenvalue weighted by molar-refractivity contribution is 0.769. The Labute approximate surface area is 287 Å². The fourth-order valence-corrected chi connectivity index (χ4v) is 7.80. The topological polar surface area (TPSA) is 25.8 Å². The summed E-state index contributed by atoms with van der Waals surface area (Å²) in [4.78, 5) is 9.92. The molecule has 2 nitrogen and oxygen atoms in total. The van der Waals surface area contributed by atoms with Gasteiger partial charge in [-0.25, -0.2) is 0 Å². The van der Waals surface area contributed by atoms with Crippen LogP contribution in [0.1, 0.15) is 22.3 Å². The Balaban J connectivity index is 1.30. The van der Waals surface area contributed by atoms with Crippen LogP contribution in [-0.4, -0.2) is 9.97 Å². The standard InChI is InChI=1S/C47H32N2/c1-3-15-33(16-4-1)39-25-13-29-48-45(39)35-19-11-21-37(31-35)47(43-27-9-7-23-41(43)42-24-8-10-28-44(42)47)38-22-12-20-36(32-38)46-40(26-14-30-49-46)34-17-5-2-6-18-34/h1-32H. The Bertz CT molecular complexity index is 2270. The number of pyridine rings is 2. The number of rotatable bonds is 6. The molecule has 0 atom stereocenters. The Morgan fingerprint density at radius 3 is 1.16 bits per heavy atom. The monoisotopic (exact) mass is 624 g/mol. The molecule has 0 fully saturated rings. The quantitative estimate of drug-likeness (QED) is 0.184. The molecule has 6 aromatic carbocycles. The molecule has 0 radical (unpaired) electrons. The number of nitrogens with zero attached hydrogens (tertiary/aromatic N) is 2. The van der Waals surface area contributed by atoms with Crippen molar-refractivity contribution in [3.05, 3.63) is 217 Å². The van der Waals surface area contributed by atoms with Crippen LogP contribution in [0, 0.1) is 0 Å². The number of hydrogen-bond donors (Lipinski definition) is 0. The fraction of sp³-hybridized carbons (Fsp3) is 0.0213. The van der Waals surface area contributed by atoms with Gasteiger partial charge in [-0.2, -0.15) is 0 Å². The van der Waals surface area contributed by atoms with E-state index in [-0.39, 0.29) is 0 Å². The molecule has 2 heterocycles. The maximum Gasteiger partial charge on any atom is 0.0780 e. The lowest BCUT2D eigenvalue weighted by Gasteiger charge is -2.34. The van der Waals surface area contributed by atoms with Gasteiger partial charge in [0.05, 0.1) is 16.8 Å². The molecule has 9 rings (SSSR count). The number of aromatic nitrogens is 2. The molecule has 2 heteroatoms. The molecule has 0 N–H and O–H groups in total. The Kier molecular flexibility index (Phi) is 7.06. The second-order valence-corrected chi connectivity index (χ2v) is 12.5. The van der Waals surface area contributed by atoms with E-state index in [4.69, 9.17) is 9.97 Å². The molecule has 1 aliphatic carbocycles. The Morgan fingerprint density at radius 2 is 0.694 bits per heavy atom. The van der Waals surface area contributed by atoms with Gasteiger partial charge in [-0.1, -0.05) is 158 Å². The second kappa shape index (κ2) is 12.0. The van der Waals surface area contributed by atoms with Crippen LogP contribution < -0.4 is 0 Å². The summed E-state index contributed by atoms with van der Waals surface area (Å²) in [5, 5.41) is 0. The van der Waals surface area contributed by atoms with E-state index in [1.54, 1.807) is 0 Å². The highest BCUT2D eigenvalue weighted by atomic mass is 14.7. The van der Waals surface area contributed by atoms with E-state index in [9.17, 15) is 0 Å². The summed E-state index contributed by atoms with van der Waals surface area (Å²) < 4.78 is 0.